The molecule has 82 valence electrons. The zero-order valence-electron chi connectivity index (χ0n) is 9.33. The number of carbonyl (C=O) groups excluding carboxylic acids is 1. The average Bonchev–Trinajstić information content (AvgIpc) is 2.26. The average molecular weight is 226 g/mol. The van der Waals surface area contributed by atoms with Crippen LogP contribution in [0, 0.1) is 0 Å². The van der Waals surface area contributed by atoms with Gasteiger partial charge in [0.15, 0.2) is 5.78 Å². The number of ketones is 1. The monoisotopic (exact) mass is 225 g/mol. The summed E-state index contributed by atoms with van der Waals surface area (Å²) in [6, 6.07) is 6.98. The highest BCUT2D eigenvalue weighted by Crippen LogP contribution is 2.13. The summed E-state index contributed by atoms with van der Waals surface area (Å²) in [6.45, 7) is 4.79. The number of hydrogen-bond donors (Lipinski definition) is 0. The van der Waals surface area contributed by atoms with Crippen molar-refractivity contribution in [1.29, 1.82) is 0 Å². The molecule has 1 rings (SSSR count). The fourth-order valence-corrected chi connectivity index (χ4v) is 1.55. The third-order valence-electron chi connectivity index (χ3n) is 2.65. The molecule has 0 saturated heterocycles. The summed E-state index contributed by atoms with van der Waals surface area (Å²) >= 11 is 5.84. The van der Waals surface area contributed by atoms with Crippen LogP contribution in [0.3, 0.4) is 0 Å². The van der Waals surface area contributed by atoms with Crippen LogP contribution in [0.4, 0.5) is 0 Å². The van der Waals surface area contributed by atoms with Gasteiger partial charge in [0, 0.05) is 10.6 Å². The van der Waals surface area contributed by atoms with Gasteiger partial charge in [0.25, 0.3) is 0 Å². The van der Waals surface area contributed by atoms with Gasteiger partial charge in [-0.3, -0.25) is 9.69 Å². The number of hydrogen-bond acceptors (Lipinski definition) is 2. The second-order valence-corrected chi connectivity index (χ2v) is 4.06. The van der Waals surface area contributed by atoms with Crippen molar-refractivity contribution in [3.63, 3.8) is 0 Å². The van der Waals surface area contributed by atoms with Crippen molar-refractivity contribution in [2.75, 3.05) is 13.6 Å². The van der Waals surface area contributed by atoms with Crippen molar-refractivity contribution in [1.82, 2.24) is 4.90 Å². The Labute approximate surface area is 95.8 Å². The molecule has 0 N–H and O–H groups in total. The number of Topliss-reactive ketones (excluding diaryl/α,β-unsaturated/α-hetero) is 1. The SMILES string of the molecule is CCN(C)C(C)C(=O)c1cccc(Cl)c1. The molecule has 0 spiro atoms. The number of benzene rings is 1. The zero-order valence-corrected chi connectivity index (χ0v) is 10.1. The van der Waals surface area contributed by atoms with Gasteiger partial charge in [-0.25, -0.2) is 0 Å². The Hall–Kier alpha value is -0.860. The van der Waals surface area contributed by atoms with Crippen LogP contribution in [-0.2, 0) is 0 Å². The van der Waals surface area contributed by atoms with Crippen molar-refractivity contribution in [2.24, 2.45) is 0 Å². The van der Waals surface area contributed by atoms with Crippen LogP contribution in [0.5, 0.6) is 0 Å². The predicted octanol–water partition coefficient (Wildman–Crippen LogP) is 2.86. The summed E-state index contributed by atoms with van der Waals surface area (Å²) in [7, 11) is 1.94. The second kappa shape index (κ2) is 5.29. The molecular weight excluding hydrogens is 210 g/mol. The van der Waals surface area contributed by atoms with Crippen LogP contribution in [0.2, 0.25) is 5.02 Å². The molecule has 0 aliphatic heterocycles. The molecule has 0 aromatic heterocycles. The van der Waals surface area contributed by atoms with Crippen LogP contribution in [0.1, 0.15) is 24.2 Å². The Kier molecular flexibility index (Phi) is 4.30. The highest BCUT2D eigenvalue weighted by atomic mass is 35.5. The first-order valence-corrected chi connectivity index (χ1v) is 5.44. The maximum Gasteiger partial charge on any atom is 0.179 e. The van der Waals surface area contributed by atoms with Crippen molar-refractivity contribution in [3.05, 3.63) is 34.9 Å². The van der Waals surface area contributed by atoms with E-state index >= 15 is 0 Å². The van der Waals surface area contributed by atoms with E-state index in [0.717, 1.165) is 6.54 Å². The van der Waals surface area contributed by atoms with Gasteiger partial charge in [-0.15, -0.1) is 0 Å². The van der Waals surface area contributed by atoms with Crippen molar-refractivity contribution >= 4 is 17.4 Å². The normalized spacial score (nSPS) is 12.9. The van der Waals surface area contributed by atoms with Crippen molar-refractivity contribution < 1.29 is 4.79 Å². The summed E-state index contributed by atoms with van der Waals surface area (Å²) in [4.78, 5) is 14.0. The lowest BCUT2D eigenvalue weighted by molar-refractivity contribution is 0.0874. The lowest BCUT2D eigenvalue weighted by atomic mass is 10.0. The predicted molar refractivity (Wildman–Crippen MR) is 63.5 cm³/mol. The van der Waals surface area contributed by atoms with E-state index in [2.05, 4.69) is 0 Å². The molecule has 0 bridgehead atoms. The quantitative estimate of drug-likeness (QED) is 0.735. The Morgan fingerprint density at radius 1 is 1.53 bits per heavy atom. The Morgan fingerprint density at radius 3 is 2.73 bits per heavy atom. The Morgan fingerprint density at radius 2 is 2.20 bits per heavy atom. The van der Waals surface area contributed by atoms with E-state index in [4.69, 9.17) is 11.6 Å². The van der Waals surface area contributed by atoms with Gasteiger partial charge < -0.3 is 0 Å². The highest BCUT2D eigenvalue weighted by molar-refractivity contribution is 6.31. The van der Waals surface area contributed by atoms with E-state index in [1.165, 1.54) is 0 Å². The molecule has 15 heavy (non-hydrogen) atoms. The number of rotatable bonds is 4. The summed E-state index contributed by atoms with van der Waals surface area (Å²) in [6.07, 6.45) is 0. The lowest BCUT2D eigenvalue weighted by Gasteiger charge is -2.21. The Bertz CT molecular complexity index is 351. The van der Waals surface area contributed by atoms with E-state index in [-0.39, 0.29) is 11.8 Å². The van der Waals surface area contributed by atoms with Gasteiger partial charge in [0.1, 0.15) is 0 Å². The summed E-state index contributed by atoms with van der Waals surface area (Å²) in [5, 5.41) is 0.604. The van der Waals surface area contributed by atoms with E-state index in [0.29, 0.717) is 10.6 Å². The van der Waals surface area contributed by atoms with Gasteiger partial charge in [-0.05, 0) is 32.6 Å². The molecule has 0 radical (unpaired) electrons. The van der Waals surface area contributed by atoms with Gasteiger partial charge in [-0.2, -0.15) is 0 Å². The molecular formula is C12H16ClNO. The van der Waals surface area contributed by atoms with Crippen molar-refractivity contribution in [2.45, 2.75) is 19.9 Å². The molecule has 1 aromatic rings. The molecule has 0 amide bonds. The number of halogens is 1. The molecule has 0 saturated carbocycles. The van der Waals surface area contributed by atoms with E-state index in [1.54, 1.807) is 24.3 Å². The van der Waals surface area contributed by atoms with E-state index in [9.17, 15) is 4.79 Å². The van der Waals surface area contributed by atoms with E-state index in [1.807, 2.05) is 25.8 Å². The highest BCUT2D eigenvalue weighted by Gasteiger charge is 2.18. The van der Waals surface area contributed by atoms with Crippen molar-refractivity contribution in [3.8, 4) is 0 Å². The van der Waals surface area contributed by atoms with Gasteiger partial charge in [-0.1, -0.05) is 30.7 Å². The first-order chi connectivity index (χ1) is 7.06. The minimum atomic E-state index is -0.103. The zero-order chi connectivity index (χ0) is 11.4. The number of carbonyl (C=O) groups is 1. The molecule has 0 fully saturated rings. The van der Waals surface area contributed by atoms with Crippen LogP contribution >= 0.6 is 11.6 Å². The minimum Gasteiger partial charge on any atom is -0.297 e. The molecule has 1 atom stereocenters. The number of likely N-dealkylation sites (N-methyl/N-ethyl adjacent to an activating group) is 1. The van der Waals surface area contributed by atoms with Crippen LogP contribution < -0.4 is 0 Å². The lowest BCUT2D eigenvalue weighted by Crippen LogP contribution is -2.35. The second-order valence-electron chi connectivity index (χ2n) is 3.62. The topological polar surface area (TPSA) is 20.3 Å². The van der Waals surface area contributed by atoms with Gasteiger partial charge >= 0.3 is 0 Å². The van der Waals surface area contributed by atoms with Gasteiger partial charge in [0.05, 0.1) is 6.04 Å². The molecule has 0 aliphatic rings. The van der Waals surface area contributed by atoms with Crippen LogP contribution in [-0.4, -0.2) is 30.3 Å². The summed E-state index contributed by atoms with van der Waals surface area (Å²) < 4.78 is 0. The minimum absolute atomic E-state index is 0.103. The first kappa shape index (κ1) is 12.2. The third-order valence-corrected chi connectivity index (χ3v) is 2.88. The maximum atomic E-state index is 12.0. The van der Waals surface area contributed by atoms with E-state index < -0.39 is 0 Å². The summed E-state index contributed by atoms with van der Waals surface area (Å²) in [5.41, 5.74) is 0.676. The molecule has 0 aliphatic carbocycles. The molecule has 0 heterocycles. The third kappa shape index (κ3) is 3.05. The molecule has 1 unspecified atom stereocenters. The van der Waals surface area contributed by atoms with Crippen LogP contribution in [0.25, 0.3) is 0 Å². The fraction of sp³-hybridized carbons (Fsp3) is 0.417. The number of nitrogens with zero attached hydrogens (tertiary/aromatic N) is 1. The summed E-state index contributed by atoms with van der Waals surface area (Å²) in [5.74, 6) is 0.113. The van der Waals surface area contributed by atoms with Crippen LogP contribution in [0.15, 0.2) is 24.3 Å². The smallest absolute Gasteiger partial charge is 0.179 e. The maximum absolute atomic E-state index is 12.0. The standard InChI is InChI=1S/C12H16ClNO/c1-4-14(3)9(2)12(15)10-6-5-7-11(13)8-10/h5-9H,4H2,1-3H3. The largest absolute Gasteiger partial charge is 0.297 e. The molecule has 3 heteroatoms. The van der Waals surface area contributed by atoms with Gasteiger partial charge in [0.2, 0.25) is 0 Å². The first-order valence-electron chi connectivity index (χ1n) is 5.06. The molecule has 1 aromatic carbocycles. The fourth-order valence-electron chi connectivity index (χ4n) is 1.36. The Balaban J connectivity index is 2.85. The molecule has 2 nitrogen and oxygen atoms in total.